The third-order valence-electron chi connectivity index (χ3n) is 6.35. The van der Waals surface area contributed by atoms with Gasteiger partial charge < -0.3 is 20.5 Å². The molecule has 0 aliphatic carbocycles. The van der Waals surface area contributed by atoms with E-state index in [1.807, 2.05) is 48.7 Å². The molecule has 34 heavy (non-hydrogen) atoms. The number of piperidine rings is 1. The van der Waals surface area contributed by atoms with Crippen LogP contribution in [-0.2, 0) is 4.79 Å². The van der Waals surface area contributed by atoms with Gasteiger partial charge in [-0.3, -0.25) is 14.4 Å². The summed E-state index contributed by atoms with van der Waals surface area (Å²) in [6, 6.07) is 16.2. The minimum Gasteiger partial charge on any atom is -0.369 e. The number of benzene rings is 2. The molecule has 4 rings (SSSR count). The zero-order valence-electron chi connectivity index (χ0n) is 19.2. The molecule has 0 bridgehead atoms. The van der Waals surface area contributed by atoms with Crippen molar-refractivity contribution >= 4 is 35.0 Å². The third-order valence-corrected chi connectivity index (χ3v) is 6.60. The van der Waals surface area contributed by atoms with Crippen LogP contribution < -0.4 is 11.1 Å². The second-order valence-corrected chi connectivity index (χ2v) is 9.00. The Morgan fingerprint density at radius 1 is 0.971 bits per heavy atom. The maximum atomic E-state index is 13.2. The molecule has 0 saturated carbocycles. The Morgan fingerprint density at radius 3 is 2.26 bits per heavy atom. The van der Waals surface area contributed by atoms with E-state index in [2.05, 4.69) is 5.32 Å². The van der Waals surface area contributed by atoms with Crippen LogP contribution in [0, 0.1) is 19.8 Å². The molecule has 3 amide bonds. The Labute approximate surface area is 203 Å². The maximum Gasteiger partial charge on any atom is 0.257 e. The van der Waals surface area contributed by atoms with Crippen LogP contribution in [0.3, 0.4) is 0 Å². The summed E-state index contributed by atoms with van der Waals surface area (Å²) in [7, 11) is 0. The van der Waals surface area contributed by atoms with Crippen molar-refractivity contribution in [2.24, 2.45) is 11.7 Å². The van der Waals surface area contributed by atoms with Crippen molar-refractivity contribution in [1.82, 2.24) is 9.47 Å². The van der Waals surface area contributed by atoms with Crippen LogP contribution in [0.5, 0.6) is 0 Å². The molecule has 3 N–H and O–H groups in total. The molecule has 0 spiro atoms. The molecule has 0 radical (unpaired) electrons. The molecule has 1 aliphatic heterocycles. The number of para-hydroxylation sites is 1. The van der Waals surface area contributed by atoms with Crippen LogP contribution in [0.15, 0.2) is 54.6 Å². The van der Waals surface area contributed by atoms with Gasteiger partial charge in [-0.05, 0) is 69.2 Å². The first-order valence-corrected chi connectivity index (χ1v) is 11.6. The number of rotatable bonds is 5. The Hall–Kier alpha value is -3.58. The lowest BCUT2D eigenvalue weighted by Crippen LogP contribution is -2.42. The molecule has 1 fully saturated rings. The first kappa shape index (κ1) is 23.6. The van der Waals surface area contributed by atoms with Crippen molar-refractivity contribution in [3.8, 4) is 5.69 Å². The summed E-state index contributed by atoms with van der Waals surface area (Å²) in [6.07, 6.45) is 1.10. The van der Waals surface area contributed by atoms with E-state index >= 15 is 0 Å². The van der Waals surface area contributed by atoms with E-state index in [0.29, 0.717) is 47.8 Å². The van der Waals surface area contributed by atoms with Gasteiger partial charge >= 0.3 is 0 Å². The fraction of sp³-hybridized carbons (Fsp3) is 0.269. The van der Waals surface area contributed by atoms with E-state index in [1.54, 1.807) is 29.2 Å². The fourth-order valence-electron chi connectivity index (χ4n) is 4.49. The standard InChI is InChI=1S/C26H27ClN4O3/c1-16-15-22(17(2)31(16)20-9-7-19(27)8-10-20)25(33)29-23-6-4-3-5-21(23)26(34)30-13-11-18(12-14-30)24(28)32/h3-10,15,18H,11-14H2,1-2H3,(H2,28,32)(H,29,33). The number of aryl methyl sites for hydroxylation is 1. The Balaban J connectivity index is 1.55. The molecule has 2 heterocycles. The van der Waals surface area contributed by atoms with Crippen molar-refractivity contribution in [1.29, 1.82) is 0 Å². The Kier molecular flexibility index (Phi) is 6.75. The summed E-state index contributed by atoms with van der Waals surface area (Å²) in [5.41, 5.74) is 9.40. The smallest absolute Gasteiger partial charge is 0.257 e. The summed E-state index contributed by atoms with van der Waals surface area (Å²) in [5, 5.41) is 3.56. The van der Waals surface area contributed by atoms with Crippen LogP contribution in [0.25, 0.3) is 5.69 Å². The highest BCUT2D eigenvalue weighted by Gasteiger charge is 2.28. The Morgan fingerprint density at radius 2 is 1.62 bits per heavy atom. The zero-order chi connectivity index (χ0) is 24.4. The number of likely N-dealkylation sites (tertiary alicyclic amines) is 1. The van der Waals surface area contributed by atoms with Gasteiger partial charge in [0.15, 0.2) is 0 Å². The van der Waals surface area contributed by atoms with Gasteiger partial charge in [0.1, 0.15) is 0 Å². The molecule has 7 nitrogen and oxygen atoms in total. The van der Waals surface area contributed by atoms with Gasteiger partial charge in [-0.2, -0.15) is 0 Å². The van der Waals surface area contributed by atoms with Crippen molar-refractivity contribution in [2.45, 2.75) is 26.7 Å². The van der Waals surface area contributed by atoms with Crippen molar-refractivity contribution < 1.29 is 14.4 Å². The summed E-state index contributed by atoms with van der Waals surface area (Å²) in [4.78, 5) is 39.6. The fourth-order valence-corrected chi connectivity index (χ4v) is 4.61. The van der Waals surface area contributed by atoms with Gasteiger partial charge in [-0.25, -0.2) is 0 Å². The lowest BCUT2D eigenvalue weighted by atomic mass is 9.95. The predicted octanol–water partition coefficient (Wildman–Crippen LogP) is 4.34. The van der Waals surface area contributed by atoms with E-state index < -0.39 is 0 Å². The molecule has 1 aromatic heterocycles. The number of halogens is 1. The minimum absolute atomic E-state index is 0.176. The number of anilines is 1. The predicted molar refractivity (Wildman–Crippen MR) is 132 cm³/mol. The van der Waals surface area contributed by atoms with E-state index in [9.17, 15) is 14.4 Å². The molecule has 1 saturated heterocycles. The van der Waals surface area contributed by atoms with Crippen LogP contribution in [0.2, 0.25) is 5.02 Å². The second-order valence-electron chi connectivity index (χ2n) is 8.57. The second kappa shape index (κ2) is 9.73. The molecule has 8 heteroatoms. The van der Waals surface area contributed by atoms with Crippen LogP contribution >= 0.6 is 11.6 Å². The highest BCUT2D eigenvalue weighted by atomic mass is 35.5. The van der Waals surface area contributed by atoms with E-state index in [0.717, 1.165) is 17.1 Å². The van der Waals surface area contributed by atoms with Gasteiger partial charge in [-0.1, -0.05) is 23.7 Å². The van der Waals surface area contributed by atoms with Gasteiger partial charge in [0.2, 0.25) is 5.91 Å². The monoisotopic (exact) mass is 478 g/mol. The number of amides is 3. The van der Waals surface area contributed by atoms with Crippen molar-refractivity contribution in [3.63, 3.8) is 0 Å². The molecule has 1 aliphatic rings. The quantitative estimate of drug-likeness (QED) is 0.570. The molecule has 0 atom stereocenters. The zero-order valence-corrected chi connectivity index (χ0v) is 19.9. The largest absolute Gasteiger partial charge is 0.369 e. The van der Waals surface area contributed by atoms with Gasteiger partial charge in [0.25, 0.3) is 11.8 Å². The van der Waals surface area contributed by atoms with E-state index in [4.69, 9.17) is 17.3 Å². The number of aromatic nitrogens is 1. The molecule has 0 unspecified atom stereocenters. The van der Waals surface area contributed by atoms with E-state index in [-0.39, 0.29) is 23.6 Å². The summed E-state index contributed by atoms with van der Waals surface area (Å²) >= 11 is 6.02. The number of hydrogen-bond acceptors (Lipinski definition) is 3. The Bertz CT molecular complexity index is 1240. The number of nitrogens with one attached hydrogen (secondary N) is 1. The van der Waals surface area contributed by atoms with Crippen LogP contribution in [-0.4, -0.2) is 40.3 Å². The normalized spacial score (nSPS) is 14.1. The number of nitrogens with zero attached hydrogens (tertiary/aromatic N) is 2. The average Bonchev–Trinajstić information content (AvgIpc) is 3.13. The molecule has 176 valence electrons. The average molecular weight is 479 g/mol. The molecule has 2 aromatic carbocycles. The highest BCUT2D eigenvalue weighted by molar-refractivity contribution is 6.30. The SMILES string of the molecule is Cc1cc(C(=O)Nc2ccccc2C(=O)N2CCC(C(N)=O)CC2)c(C)n1-c1ccc(Cl)cc1. The number of hydrogen-bond donors (Lipinski definition) is 2. The summed E-state index contributed by atoms with van der Waals surface area (Å²) in [6.45, 7) is 4.73. The third kappa shape index (κ3) is 4.70. The lowest BCUT2D eigenvalue weighted by Gasteiger charge is -2.31. The first-order valence-electron chi connectivity index (χ1n) is 11.2. The van der Waals surface area contributed by atoms with Crippen molar-refractivity contribution in [3.05, 3.63) is 82.1 Å². The van der Waals surface area contributed by atoms with Gasteiger partial charge in [-0.15, -0.1) is 0 Å². The molecular weight excluding hydrogens is 452 g/mol. The van der Waals surface area contributed by atoms with Gasteiger partial charge in [0, 0.05) is 41.1 Å². The summed E-state index contributed by atoms with van der Waals surface area (Å²) < 4.78 is 1.99. The van der Waals surface area contributed by atoms with Crippen LogP contribution in [0.4, 0.5) is 5.69 Å². The maximum absolute atomic E-state index is 13.2. The first-order chi connectivity index (χ1) is 16.3. The lowest BCUT2D eigenvalue weighted by molar-refractivity contribution is -0.123. The topological polar surface area (TPSA) is 97.4 Å². The van der Waals surface area contributed by atoms with E-state index in [1.165, 1.54) is 0 Å². The number of carbonyl (C=O) groups excluding carboxylic acids is 3. The summed E-state index contributed by atoms with van der Waals surface area (Å²) in [5.74, 6) is -0.989. The number of carbonyl (C=O) groups is 3. The molecular formula is C26H27ClN4O3. The molecule has 3 aromatic rings. The highest BCUT2D eigenvalue weighted by Crippen LogP contribution is 2.26. The van der Waals surface area contributed by atoms with Crippen LogP contribution in [0.1, 0.15) is 44.9 Å². The van der Waals surface area contributed by atoms with Gasteiger partial charge in [0.05, 0.1) is 16.8 Å². The number of nitrogens with two attached hydrogens (primary N) is 1. The van der Waals surface area contributed by atoms with Crippen molar-refractivity contribution in [2.75, 3.05) is 18.4 Å². The minimum atomic E-state index is -0.323. The number of primary amides is 1.